The van der Waals surface area contributed by atoms with E-state index in [1.807, 2.05) is 60.7 Å². The van der Waals surface area contributed by atoms with E-state index < -0.39 is 9.84 Å². The van der Waals surface area contributed by atoms with E-state index in [1.165, 1.54) is 0 Å². The van der Waals surface area contributed by atoms with Crippen molar-refractivity contribution in [2.24, 2.45) is 0 Å². The molecule has 0 aliphatic rings. The minimum atomic E-state index is -3.13. The molecule has 2 aromatic carbocycles. The molecule has 20 heavy (non-hydrogen) atoms. The Morgan fingerprint density at radius 2 is 1.10 bits per heavy atom. The number of hydrogen-bond donors (Lipinski definition) is 1. The van der Waals surface area contributed by atoms with Crippen molar-refractivity contribution >= 4 is 21.2 Å². The second-order valence-corrected chi connectivity index (χ2v) is 5.62. The predicted molar refractivity (Wildman–Crippen MR) is 85.5 cm³/mol. The molecule has 0 atom stereocenters. The van der Waals surface area contributed by atoms with Crippen molar-refractivity contribution in [1.29, 1.82) is 0 Å². The highest BCUT2D eigenvalue weighted by Crippen LogP contribution is 2.14. The van der Waals surface area contributed by atoms with Gasteiger partial charge >= 0.3 is 0 Å². The van der Waals surface area contributed by atoms with Gasteiger partial charge in [0.25, 0.3) is 0 Å². The molecule has 4 heteroatoms. The molecule has 2 rings (SSSR count). The van der Waals surface area contributed by atoms with E-state index in [4.69, 9.17) is 0 Å². The van der Waals surface area contributed by atoms with Crippen LogP contribution in [-0.2, 0) is 9.84 Å². The summed E-state index contributed by atoms with van der Waals surface area (Å²) >= 11 is 0. The lowest BCUT2D eigenvalue weighted by Gasteiger charge is -2.04. The third-order valence-electron chi connectivity index (χ3n) is 2.30. The van der Waals surface area contributed by atoms with Crippen LogP contribution < -0.4 is 5.32 Å². The molecule has 2 aromatic rings. The maximum absolute atomic E-state index is 10.1. The van der Waals surface area contributed by atoms with E-state index >= 15 is 0 Å². The molecule has 0 fully saturated rings. The smallest absolute Gasteiger partial charge is 0.191 e. The Morgan fingerprint density at radius 1 is 0.750 bits per heavy atom. The van der Waals surface area contributed by atoms with Gasteiger partial charge in [-0.3, -0.25) is 0 Å². The van der Waals surface area contributed by atoms with Gasteiger partial charge in [0, 0.05) is 22.2 Å². The summed E-state index contributed by atoms with van der Waals surface area (Å²) in [5.74, 6) is 0. The van der Waals surface area contributed by atoms with Crippen LogP contribution >= 0.6 is 0 Å². The zero-order chi connectivity index (χ0) is 14.8. The molecule has 0 amide bonds. The fourth-order valence-electron chi connectivity index (χ4n) is 1.28. The maximum atomic E-state index is 10.1. The summed E-state index contributed by atoms with van der Waals surface area (Å²) in [7, 11) is -3.13. The van der Waals surface area contributed by atoms with Gasteiger partial charge < -0.3 is 5.32 Å². The summed E-state index contributed by atoms with van der Waals surface area (Å²) in [5.41, 5.74) is 2.24. The molecule has 0 heterocycles. The summed E-state index contributed by atoms with van der Waals surface area (Å²) in [6.45, 7) is 6.09. The first-order chi connectivity index (χ1) is 9.57. The lowest BCUT2D eigenvalue weighted by Crippen LogP contribution is -1.87. The number of nitrogens with one attached hydrogen (secondary N) is 1. The Balaban J connectivity index is 0.000000246. The summed E-state index contributed by atoms with van der Waals surface area (Å²) in [6.07, 6.45) is 0. The van der Waals surface area contributed by atoms with E-state index in [2.05, 4.69) is 18.5 Å². The van der Waals surface area contributed by atoms with Crippen LogP contribution in [0.15, 0.2) is 84.6 Å². The molecule has 1 N–H and O–H groups in total. The Labute approximate surface area is 120 Å². The lowest BCUT2D eigenvalue weighted by atomic mass is 10.3. The van der Waals surface area contributed by atoms with Crippen molar-refractivity contribution in [2.75, 3.05) is 5.32 Å². The zero-order valence-electron chi connectivity index (χ0n) is 11.1. The van der Waals surface area contributed by atoms with Crippen molar-refractivity contribution < 1.29 is 8.42 Å². The molecule has 0 saturated carbocycles. The molecule has 0 saturated heterocycles. The van der Waals surface area contributed by atoms with E-state index in [1.54, 1.807) is 0 Å². The lowest BCUT2D eigenvalue weighted by molar-refractivity contribution is 0.613. The third-order valence-corrected chi connectivity index (χ3v) is 3.23. The second-order valence-electron chi connectivity index (χ2n) is 3.78. The Hall–Kier alpha value is -2.33. The van der Waals surface area contributed by atoms with Crippen LogP contribution in [0.4, 0.5) is 11.4 Å². The number of rotatable bonds is 4. The predicted octanol–water partition coefficient (Wildman–Crippen LogP) is 4.12. The Morgan fingerprint density at radius 3 is 1.35 bits per heavy atom. The summed E-state index contributed by atoms with van der Waals surface area (Å²) in [5, 5.41) is 5.00. The first-order valence-corrected chi connectivity index (χ1v) is 7.55. The van der Waals surface area contributed by atoms with Crippen LogP contribution in [0.5, 0.6) is 0 Å². The number of para-hydroxylation sites is 2. The van der Waals surface area contributed by atoms with E-state index in [9.17, 15) is 8.42 Å². The van der Waals surface area contributed by atoms with Crippen LogP contribution in [0.25, 0.3) is 0 Å². The standard InChI is InChI=1S/C12H11N.C4H6O2S/c1-3-7-11(8-4-1)13-12-9-5-2-6-10-12;1-3-7(5,6)4-2/h1-10,13H;3-4H,1-2H2. The highest BCUT2D eigenvalue weighted by molar-refractivity contribution is 7.97. The molecule has 0 spiro atoms. The molecule has 104 valence electrons. The van der Waals surface area contributed by atoms with Crippen LogP contribution in [0.1, 0.15) is 0 Å². The number of sulfone groups is 1. The fraction of sp³-hybridized carbons (Fsp3) is 0. The number of anilines is 2. The molecule has 0 aromatic heterocycles. The SMILES string of the molecule is C=CS(=O)(=O)C=C.c1ccc(Nc2ccccc2)cc1. The molecule has 0 unspecified atom stereocenters. The quantitative estimate of drug-likeness (QED) is 0.920. The topological polar surface area (TPSA) is 46.2 Å². The molecule has 0 aliphatic heterocycles. The van der Waals surface area contributed by atoms with Gasteiger partial charge in [0.2, 0.25) is 0 Å². The van der Waals surface area contributed by atoms with Crippen LogP contribution in [0, 0.1) is 0 Å². The largest absolute Gasteiger partial charge is 0.356 e. The Kier molecular flexibility index (Phi) is 6.26. The molecule has 0 radical (unpaired) electrons. The highest BCUT2D eigenvalue weighted by Gasteiger charge is 1.91. The summed E-state index contributed by atoms with van der Waals surface area (Å²) in [6, 6.07) is 20.3. The second kappa shape index (κ2) is 7.96. The van der Waals surface area contributed by atoms with Crippen molar-refractivity contribution in [1.82, 2.24) is 0 Å². The van der Waals surface area contributed by atoms with Crippen molar-refractivity contribution in [3.8, 4) is 0 Å². The number of benzene rings is 2. The van der Waals surface area contributed by atoms with E-state index in [-0.39, 0.29) is 0 Å². The highest BCUT2D eigenvalue weighted by atomic mass is 32.2. The molecular weight excluding hydrogens is 270 g/mol. The van der Waals surface area contributed by atoms with Gasteiger partial charge in [-0.05, 0) is 24.3 Å². The van der Waals surface area contributed by atoms with E-state index in [0.717, 1.165) is 22.2 Å². The van der Waals surface area contributed by atoms with E-state index in [0.29, 0.717) is 0 Å². The van der Waals surface area contributed by atoms with Crippen LogP contribution in [-0.4, -0.2) is 8.42 Å². The first-order valence-electron chi connectivity index (χ1n) is 5.94. The van der Waals surface area contributed by atoms with Gasteiger partial charge in [-0.25, -0.2) is 8.42 Å². The number of hydrogen-bond acceptors (Lipinski definition) is 3. The van der Waals surface area contributed by atoms with Crippen molar-refractivity contribution in [3.05, 3.63) is 84.6 Å². The van der Waals surface area contributed by atoms with Gasteiger partial charge in [0.1, 0.15) is 0 Å². The molecule has 0 aliphatic carbocycles. The monoisotopic (exact) mass is 287 g/mol. The molecular formula is C16H17NO2S. The van der Waals surface area contributed by atoms with Gasteiger partial charge in [0.05, 0.1) is 0 Å². The van der Waals surface area contributed by atoms with Gasteiger partial charge in [-0.2, -0.15) is 0 Å². The van der Waals surface area contributed by atoms with Crippen LogP contribution in [0.2, 0.25) is 0 Å². The Bertz CT molecular complexity index is 583. The van der Waals surface area contributed by atoms with Gasteiger partial charge in [-0.1, -0.05) is 49.6 Å². The third kappa shape index (κ3) is 6.02. The normalized spacial score (nSPS) is 9.80. The summed E-state index contributed by atoms with van der Waals surface area (Å²) < 4.78 is 20.3. The minimum Gasteiger partial charge on any atom is -0.356 e. The minimum absolute atomic E-state index is 0.847. The first kappa shape index (κ1) is 15.7. The maximum Gasteiger partial charge on any atom is 0.191 e. The summed E-state index contributed by atoms with van der Waals surface area (Å²) in [4.78, 5) is 0. The average Bonchev–Trinajstić information content (AvgIpc) is 2.50. The van der Waals surface area contributed by atoms with Gasteiger partial charge in [-0.15, -0.1) is 0 Å². The van der Waals surface area contributed by atoms with Crippen LogP contribution in [0.3, 0.4) is 0 Å². The molecule has 0 bridgehead atoms. The van der Waals surface area contributed by atoms with Crippen molar-refractivity contribution in [3.63, 3.8) is 0 Å². The van der Waals surface area contributed by atoms with Crippen molar-refractivity contribution in [2.45, 2.75) is 0 Å². The fourth-order valence-corrected chi connectivity index (χ4v) is 1.41. The molecule has 3 nitrogen and oxygen atoms in total. The average molecular weight is 287 g/mol. The van der Waals surface area contributed by atoms with Gasteiger partial charge in [0.15, 0.2) is 9.84 Å². The zero-order valence-corrected chi connectivity index (χ0v) is 11.9.